The second-order valence-electron chi connectivity index (χ2n) is 5.20. The molecule has 3 heterocycles. The second kappa shape index (κ2) is 3.55. The van der Waals surface area contributed by atoms with Crippen LogP contribution in [0.4, 0.5) is 0 Å². The molecule has 3 nitrogen and oxygen atoms in total. The lowest BCUT2D eigenvalue weighted by Gasteiger charge is -2.32. The molecular formula is C15H14N2O. The first-order chi connectivity index (χ1) is 8.84. The van der Waals surface area contributed by atoms with Crippen LogP contribution in [-0.2, 0) is 0 Å². The summed E-state index contributed by atoms with van der Waals surface area (Å²) in [7, 11) is 0. The van der Waals surface area contributed by atoms with Crippen LogP contribution in [0.3, 0.4) is 0 Å². The molecule has 1 aliphatic heterocycles. The molecule has 0 aromatic carbocycles. The normalized spacial score (nSPS) is 24.2. The second-order valence-corrected chi connectivity index (χ2v) is 5.20. The lowest BCUT2D eigenvalue weighted by atomic mass is 9.87. The van der Waals surface area contributed by atoms with E-state index in [2.05, 4.69) is 15.6 Å². The van der Waals surface area contributed by atoms with E-state index in [1.165, 1.54) is 24.8 Å². The van der Waals surface area contributed by atoms with Gasteiger partial charge in [-0.1, -0.05) is 12.5 Å². The van der Waals surface area contributed by atoms with E-state index in [9.17, 15) is 4.79 Å². The van der Waals surface area contributed by atoms with Crippen molar-refractivity contribution in [3.05, 3.63) is 52.4 Å². The molecule has 4 rings (SSSR count). The fraction of sp³-hybridized carbons (Fsp3) is 0.333. The Morgan fingerprint density at radius 3 is 3.17 bits per heavy atom. The summed E-state index contributed by atoms with van der Waals surface area (Å²) in [6.45, 7) is 0. The minimum atomic E-state index is 0.0642. The van der Waals surface area contributed by atoms with Gasteiger partial charge in [0.15, 0.2) is 5.43 Å². The number of pyridine rings is 2. The first kappa shape index (κ1) is 10.1. The minimum Gasteiger partial charge on any atom is -0.342 e. The van der Waals surface area contributed by atoms with Crippen LogP contribution in [0.2, 0.25) is 0 Å². The van der Waals surface area contributed by atoms with Gasteiger partial charge >= 0.3 is 0 Å². The van der Waals surface area contributed by atoms with Gasteiger partial charge in [-0.25, -0.2) is 0 Å². The summed E-state index contributed by atoms with van der Waals surface area (Å²) < 4.78 is 2.26. The van der Waals surface area contributed by atoms with Gasteiger partial charge in [0, 0.05) is 36.5 Å². The van der Waals surface area contributed by atoms with Gasteiger partial charge in [-0.05, 0) is 24.5 Å². The van der Waals surface area contributed by atoms with Gasteiger partial charge in [-0.3, -0.25) is 9.78 Å². The van der Waals surface area contributed by atoms with Crippen LogP contribution in [0, 0.1) is 0 Å². The number of nitrogens with zero attached hydrogens (tertiary/aromatic N) is 2. The Morgan fingerprint density at radius 2 is 2.22 bits per heavy atom. The molecule has 1 aliphatic carbocycles. The van der Waals surface area contributed by atoms with E-state index in [1.807, 2.05) is 18.5 Å². The molecule has 90 valence electrons. The van der Waals surface area contributed by atoms with E-state index >= 15 is 0 Å². The summed E-state index contributed by atoms with van der Waals surface area (Å²) in [5, 5.41) is 0. The standard InChI is InChI=1S/C15H14N2O/c18-10-6-8-17-13-5-1-3-11(13)12-4-2-7-16-15(12)14(17)9-10/h2,4,6-9,11,13H,1,3,5H2. The van der Waals surface area contributed by atoms with Crippen molar-refractivity contribution >= 4 is 0 Å². The molecule has 2 atom stereocenters. The average Bonchev–Trinajstić information content (AvgIpc) is 2.88. The Kier molecular flexibility index (Phi) is 1.98. The van der Waals surface area contributed by atoms with Crippen molar-refractivity contribution < 1.29 is 0 Å². The summed E-state index contributed by atoms with van der Waals surface area (Å²) in [5.41, 5.74) is 3.37. The molecule has 0 radical (unpaired) electrons. The Morgan fingerprint density at radius 1 is 1.28 bits per heavy atom. The lowest BCUT2D eigenvalue weighted by molar-refractivity contribution is 0.453. The van der Waals surface area contributed by atoms with E-state index in [-0.39, 0.29) is 5.43 Å². The van der Waals surface area contributed by atoms with Crippen LogP contribution in [0.15, 0.2) is 41.5 Å². The van der Waals surface area contributed by atoms with Crippen LogP contribution in [0.5, 0.6) is 0 Å². The molecular weight excluding hydrogens is 224 g/mol. The van der Waals surface area contributed by atoms with Crippen molar-refractivity contribution in [2.75, 3.05) is 0 Å². The van der Waals surface area contributed by atoms with Crippen molar-refractivity contribution in [1.82, 2.24) is 9.55 Å². The topological polar surface area (TPSA) is 34.9 Å². The molecule has 3 heteroatoms. The van der Waals surface area contributed by atoms with Crippen LogP contribution in [0.25, 0.3) is 11.4 Å². The molecule has 2 unspecified atom stereocenters. The third kappa shape index (κ3) is 1.24. The van der Waals surface area contributed by atoms with Crippen molar-refractivity contribution in [3.63, 3.8) is 0 Å². The highest BCUT2D eigenvalue weighted by Gasteiger charge is 2.36. The highest BCUT2D eigenvalue weighted by Crippen LogP contribution is 2.49. The molecule has 0 saturated heterocycles. The van der Waals surface area contributed by atoms with Gasteiger partial charge in [-0.2, -0.15) is 0 Å². The number of hydrogen-bond donors (Lipinski definition) is 0. The summed E-state index contributed by atoms with van der Waals surface area (Å²) in [4.78, 5) is 16.1. The zero-order valence-corrected chi connectivity index (χ0v) is 10.0. The quantitative estimate of drug-likeness (QED) is 0.707. The van der Waals surface area contributed by atoms with Crippen LogP contribution < -0.4 is 5.43 Å². The van der Waals surface area contributed by atoms with Gasteiger partial charge in [0.2, 0.25) is 0 Å². The van der Waals surface area contributed by atoms with E-state index in [1.54, 1.807) is 12.1 Å². The number of fused-ring (bicyclic) bond motifs is 6. The number of hydrogen-bond acceptors (Lipinski definition) is 2. The monoisotopic (exact) mass is 238 g/mol. The first-order valence-electron chi connectivity index (χ1n) is 6.52. The van der Waals surface area contributed by atoms with Crippen molar-refractivity contribution in [2.45, 2.75) is 31.2 Å². The van der Waals surface area contributed by atoms with Gasteiger partial charge in [-0.15, -0.1) is 0 Å². The molecule has 0 bridgehead atoms. The summed E-state index contributed by atoms with van der Waals surface area (Å²) in [5.74, 6) is 0.573. The van der Waals surface area contributed by atoms with Crippen molar-refractivity contribution in [1.29, 1.82) is 0 Å². The predicted molar refractivity (Wildman–Crippen MR) is 69.6 cm³/mol. The molecule has 1 saturated carbocycles. The van der Waals surface area contributed by atoms with Gasteiger partial charge in [0.25, 0.3) is 0 Å². The minimum absolute atomic E-state index is 0.0642. The predicted octanol–water partition coefficient (Wildman–Crippen LogP) is 2.73. The molecule has 0 spiro atoms. The summed E-state index contributed by atoms with van der Waals surface area (Å²) >= 11 is 0. The van der Waals surface area contributed by atoms with E-state index in [4.69, 9.17) is 0 Å². The first-order valence-corrected chi connectivity index (χ1v) is 6.52. The Bertz CT molecular complexity index is 674. The largest absolute Gasteiger partial charge is 0.342 e. The average molecular weight is 238 g/mol. The SMILES string of the molecule is O=c1ccn2c(c1)-c1ncccc1C1CCCC12. The fourth-order valence-electron chi connectivity index (χ4n) is 3.54. The van der Waals surface area contributed by atoms with E-state index in [0.29, 0.717) is 12.0 Å². The molecule has 18 heavy (non-hydrogen) atoms. The maximum Gasteiger partial charge on any atom is 0.182 e. The zero-order chi connectivity index (χ0) is 12.1. The number of rotatable bonds is 0. The lowest BCUT2D eigenvalue weighted by Crippen LogP contribution is -2.23. The summed E-state index contributed by atoms with van der Waals surface area (Å²) in [6.07, 6.45) is 7.45. The van der Waals surface area contributed by atoms with Crippen LogP contribution in [0.1, 0.15) is 36.8 Å². The van der Waals surface area contributed by atoms with Gasteiger partial charge < -0.3 is 4.57 Å². The third-order valence-electron chi connectivity index (χ3n) is 4.27. The highest BCUT2D eigenvalue weighted by molar-refractivity contribution is 5.63. The maximum absolute atomic E-state index is 11.6. The molecule has 1 fully saturated rings. The Hall–Kier alpha value is -1.90. The zero-order valence-electron chi connectivity index (χ0n) is 10.0. The Labute approximate surface area is 105 Å². The highest BCUT2D eigenvalue weighted by atomic mass is 16.1. The molecule has 2 aromatic heterocycles. The third-order valence-corrected chi connectivity index (χ3v) is 4.27. The van der Waals surface area contributed by atoms with E-state index in [0.717, 1.165) is 11.4 Å². The molecule has 0 amide bonds. The van der Waals surface area contributed by atoms with Gasteiger partial charge in [0.05, 0.1) is 11.4 Å². The Balaban J connectivity index is 2.06. The maximum atomic E-state index is 11.6. The fourth-order valence-corrected chi connectivity index (χ4v) is 3.54. The van der Waals surface area contributed by atoms with E-state index < -0.39 is 0 Å². The molecule has 2 aromatic rings. The number of aromatic nitrogens is 2. The van der Waals surface area contributed by atoms with Crippen LogP contribution in [-0.4, -0.2) is 9.55 Å². The van der Waals surface area contributed by atoms with Gasteiger partial charge in [0.1, 0.15) is 0 Å². The summed E-state index contributed by atoms with van der Waals surface area (Å²) in [6, 6.07) is 8.07. The van der Waals surface area contributed by atoms with Crippen LogP contribution >= 0.6 is 0 Å². The smallest absolute Gasteiger partial charge is 0.182 e. The van der Waals surface area contributed by atoms with Crippen molar-refractivity contribution in [2.24, 2.45) is 0 Å². The molecule has 2 aliphatic rings. The molecule has 0 N–H and O–H groups in total. The van der Waals surface area contributed by atoms with Crippen molar-refractivity contribution in [3.8, 4) is 11.4 Å².